The molecule has 0 saturated carbocycles. The minimum atomic E-state index is -0.200. The molecule has 0 spiro atoms. The van der Waals surface area contributed by atoms with E-state index in [2.05, 4.69) is 10.3 Å². The number of aryl methyl sites for hydroxylation is 1. The van der Waals surface area contributed by atoms with Gasteiger partial charge in [0.25, 0.3) is 5.91 Å². The number of aromatic nitrogens is 1. The van der Waals surface area contributed by atoms with Gasteiger partial charge in [-0.15, -0.1) is 0 Å². The summed E-state index contributed by atoms with van der Waals surface area (Å²) in [4.78, 5) is 16.1. The summed E-state index contributed by atoms with van der Waals surface area (Å²) in [5.41, 5.74) is 8.16. The topological polar surface area (TPSA) is 68.0 Å². The predicted octanol–water partition coefficient (Wildman–Crippen LogP) is 2.22. The molecule has 17 heavy (non-hydrogen) atoms. The van der Waals surface area contributed by atoms with E-state index in [1.54, 1.807) is 37.4 Å². The lowest BCUT2D eigenvalue weighted by molar-refractivity contribution is 0.102. The van der Waals surface area contributed by atoms with Gasteiger partial charge in [-0.25, -0.2) is 0 Å². The van der Waals surface area contributed by atoms with Gasteiger partial charge in [0.05, 0.1) is 16.9 Å². The molecule has 4 nitrogen and oxygen atoms in total. The van der Waals surface area contributed by atoms with Crippen molar-refractivity contribution in [1.82, 2.24) is 4.98 Å². The third kappa shape index (κ3) is 2.42. The van der Waals surface area contributed by atoms with Crippen LogP contribution in [0.3, 0.4) is 0 Å². The molecule has 0 aliphatic rings. The maximum atomic E-state index is 12.0. The number of nitrogens with two attached hydrogens (primary N) is 1. The highest BCUT2D eigenvalue weighted by atomic mass is 16.1. The molecule has 1 aromatic heterocycles. The lowest BCUT2D eigenvalue weighted by atomic mass is 10.2. The normalized spacial score (nSPS) is 9.94. The van der Waals surface area contributed by atoms with E-state index in [4.69, 9.17) is 5.73 Å². The number of hydrogen-bond acceptors (Lipinski definition) is 3. The fourth-order valence-electron chi connectivity index (χ4n) is 1.52. The second kappa shape index (κ2) is 4.65. The van der Waals surface area contributed by atoms with E-state index >= 15 is 0 Å². The maximum Gasteiger partial charge on any atom is 0.257 e. The van der Waals surface area contributed by atoms with Crippen LogP contribution in [-0.4, -0.2) is 10.9 Å². The summed E-state index contributed by atoms with van der Waals surface area (Å²) in [6.45, 7) is 1.79. The molecule has 1 amide bonds. The number of hydrogen-bond donors (Lipinski definition) is 2. The molecule has 86 valence electrons. The predicted molar refractivity (Wildman–Crippen MR) is 67.8 cm³/mol. The molecule has 0 aliphatic carbocycles. The number of nitrogens with one attached hydrogen (secondary N) is 1. The van der Waals surface area contributed by atoms with Gasteiger partial charge in [0.15, 0.2) is 0 Å². The number of para-hydroxylation sites is 2. The number of anilines is 2. The van der Waals surface area contributed by atoms with Gasteiger partial charge >= 0.3 is 0 Å². The van der Waals surface area contributed by atoms with Crippen molar-refractivity contribution in [3.8, 4) is 0 Å². The van der Waals surface area contributed by atoms with E-state index in [0.29, 0.717) is 22.6 Å². The third-order valence-electron chi connectivity index (χ3n) is 2.46. The van der Waals surface area contributed by atoms with Crippen molar-refractivity contribution < 1.29 is 4.79 Å². The number of carbonyl (C=O) groups excluding carboxylic acids is 1. The highest BCUT2D eigenvalue weighted by molar-refractivity contribution is 6.06. The first-order valence-electron chi connectivity index (χ1n) is 5.26. The molecule has 0 bridgehead atoms. The van der Waals surface area contributed by atoms with E-state index in [0.717, 1.165) is 0 Å². The first-order valence-corrected chi connectivity index (χ1v) is 5.26. The molecule has 0 atom stereocenters. The van der Waals surface area contributed by atoms with Crippen LogP contribution in [0.4, 0.5) is 11.4 Å². The Labute approximate surface area is 99.5 Å². The fourth-order valence-corrected chi connectivity index (χ4v) is 1.52. The third-order valence-corrected chi connectivity index (χ3v) is 2.46. The molecule has 4 heteroatoms. The van der Waals surface area contributed by atoms with Gasteiger partial charge in [-0.3, -0.25) is 9.78 Å². The van der Waals surface area contributed by atoms with Gasteiger partial charge in [-0.2, -0.15) is 0 Å². The van der Waals surface area contributed by atoms with Crippen LogP contribution >= 0.6 is 0 Å². The molecule has 0 saturated heterocycles. The minimum Gasteiger partial charge on any atom is -0.397 e. The van der Waals surface area contributed by atoms with Crippen LogP contribution in [-0.2, 0) is 0 Å². The smallest absolute Gasteiger partial charge is 0.257 e. The Morgan fingerprint density at radius 3 is 2.71 bits per heavy atom. The molecule has 0 aliphatic heterocycles. The van der Waals surface area contributed by atoms with Crippen molar-refractivity contribution >= 4 is 17.3 Å². The summed E-state index contributed by atoms with van der Waals surface area (Å²) < 4.78 is 0. The number of carbonyl (C=O) groups is 1. The molecule has 1 aromatic carbocycles. The Kier molecular flexibility index (Phi) is 3.05. The average Bonchev–Trinajstić information content (AvgIpc) is 2.32. The zero-order valence-electron chi connectivity index (χ0n) is 9.47. The van der Waals surface area contributed by atoms with Crippen molar-refractivity contribution in [2.75, 3.05) is 11.1 Å². The van der Waals surface area contributed by atoms with Gasteiger partial charge in [0.1, 0.15) is 0 Å². The van der Waals surface area contributed by atoms with Gasteiger partial charge in [-0.1, -0.05) is 12.1 Å². The summed E-state index contributed by atoms with van der Waals surface area (Å²) in [5, 5.41) is 2.76. The number of rotatable bonds is 2. The second-order valence-corrected chi connectivity index (χ2v) is 3.68. The monoisotopic (exact) mass is 227 g/mol. The van der Waals surface area contributed by atoms with Crippen LogP contribution in [0.2, 0.25) is 0 Å². The lowest BCUT2D eigenvalue weighted by Gasteiger charge is -2.08. The zero-order valence-corrected chi connectivity index (χ0v) is 9.47. The number of amides is 1. The fraction of sp³-hybridized carbons (Fsp3) is 0.0769. The molecular formula is C13H13N3O. The van der Waals surface area contributed by atoms with Crippen LogP contribution in [0.25, 0.3) is 0 Å². The molecule has 2 rings (SSSR count). The molecule has 0 radical (unpaired) electrons. The zero-order chi connectivity index (χ0) is 12.3. The van der Waals surface area contributed by atoms with Gasteiger partial charge in [0, 0.05) is 11.9 Å². The van der Waals surface area contributed by atoms with Crippen LogP contribution in [0.5, 0.6) is 0 Å². The molecule has 0 unspecified atom stereocenters. The van der Waals surface area contributed by atoms with Crippen molar-refractivity contribution in [2.24, 2.45) is 0 Å². The summed E-state index contributed by atoms with van der Waals surface area (Å²) in [5.74, 6) is -0.200. The summed E-state index contributed by atoms with van der Waals surface area (Å²) >= 11 is 0. The van der Waals surface area contributed by atoms with Crippen molar-refractivity contribution in [2.45, 2.75) is 6.92 Å². The molecule has 1 heterocycles. The quantitative estimate of drug-likeness (QED) is 0.773. The SMILES string of the molecule is Cc1ncccc1C(=O)Nc1ccccc1N. The standard InChI is InChI=1S/C13H13N3O/c1-9-10(5-4-8-15-9)13(17)16-12-7-3-2-6-11(12)14/h2-8H,14H2,1H3,(H,16,17). The second-order valence-electron chi connectivity index (χ2n) is 3.68. The lowest BCUT2D eigenvalue weighted by Crippen LogP contribution is -2.14. The first kappa shape index (κ1) is 11.1. The Bertz CT molecular complexity index is 552. The largest absolute Gasteiger partial charge is 0.397 e. The van der Waals surface area contributed by atoms with Crippen LogP contribution in [0.15, 0.2) is 42.6 Å². The Morgan fingerprint density at radius 2 is 2.00 bits per heavy atom. The van der Waals surface area contributed by atoms with Crippen LogP contribution < -0.4 is 11.1 Å². The van der Waals surface area contributed by atoms with E-state index in [1.807, 2.05) is 12.1 Å². The van der Waals surface area contributed by atoms with Crippen LogP contribution in [0, 0.1) is 6.92 Å². The maximum absolute atomic E-state index is 12.0. The van der Waals surface area contributed by atoms with Gasteiger partial charge < -0.3 is 11.1 Å². The Morgan fingerprint density at radius 1 is 1.24 bits per heavy atom. The van der Waals surface area contributed by atoms with Crippen molar-refractivity contribution in [3.05, 3.63) is 53.9 Å². The molecule has 0 fully saturated rings. The summed E-state index contributed by atoms with van der Waals surface area (Å²) in [6.07, 6.45) is 1.66. The number of pyridine rings is 1. The van der Waals surface area contributed by atoms with E-state index in [9.17, 15) is 4.79 Å². The van der Waals surface area contributed by atoms with Crippen LogP contribution in [0.1, 0.15) is 16.1 Å². The molecular weight excluding hydrogens is 214 g/mol. The first-order chi connectivity index (χ1) is 8.18. The Hall–Kier alpha value is -2.36. The number of benzene rings is 1. The van der Waals surface area contributed by atoms with Crippen molar-refractivity contribution in [1.29, 1.82) is 0 Å². The molecule has 3 N–H and O–H groups in total. The van der Waals surface area contributed by atoms with Crippen molar-refractivity contribution in [3.63, 3.8) is 0 Å². The van der Waals surface area contributed by atoms with Gasteiger partial charge in [0.2, 0.25) is 0 Å². The highest BCUT2D eigenvalue weighted by Crippen LogP contribution is 2.18. The number of nitrogens with zero attached hydrogens (tertiary/aromatic N) is 1. The summed E-state index contributed by atoms with van der Waals surface area (Å²) in [7, 11) is 0. The van der Waals surface area contributed by atoms with Gasteiger partial charge in [-0.05, 0) is 31.2 Å². The Balaban J connectivity index is 2.24. The summed E-state index contributed by atoms with van der Waals surface area (Å²) in [6, 6.07) is 10.6. The van der Waals surface area contributed by atoms with E-state index in [-0.39, 0.29) is 5.91 Å². The highest BCUT2D eigenvalue weighted by Gasteiger charge is 2.10. The minimum absolute atomic E-state index is 0.200. The van der Waals surface area contributed by atoms with E-state index in [1.165, 1.54) is 0 Å². The number of nitrogen functional groups attached to an aromatic ring is 1. The van der Waals surface area contributed by atoms with E-state index < -0.39 is 0 Å². The average molecular weight is 227 g/mol. The molecule has 2 aromatic rings.